The summed E-state index contributed by atoms with van der Waals surface area (Å²) >= 11 is 3.26. The summed E-state index contributed by atoms with van der Waals surface area (Å²) in [7, 11) is 1.58. The van der Waals surface area contributed by atoms with Crippen molar-refractivity contribution in [3.8, 4) is 5.75 Å². The summed E-state index contributed by atoms with van der Waals surface area (Å²) in [6, 6.07) is 15.4. The first-order chi connectivity index (χ1) is 15.6. The van der Waals surface area contributed by atoms with Gasteiger partial charge in [0.15, 0.2) is 6.10 Å². The van der Waals surface area contributed by atoms with Crippen LogP contribution in [0.25, 0.3) is 0 Å². The number of ether oxygens (including phenoxy) is 1. The van der Waals surface area contributed by atoms with Crippen LogP contribution in [0.3, 0.4) is 0 Å². The zero-order valence-corrected chi connectivity index (χ0v) is 19.1. The molecule has 1 aromatic carbocycles. The van der Waals surface area contributed by atoms with Crippen molar-refractivity contribution >= 4 is 45.9 Å². The summed E-state index contributed by atoms with van der Waals surface area (Å²) < 4.78 is 5.86. The van der Waals surface area contributed by atoms with E-state index in [1.54, 1.807) is 34.7 Å². The van der Waals surface area contributed by atoms with Gasteiger partial charge in [-0.3, -0.25) is 9.59 Å². The third kappa shape index (κ3) is 3.89. The number of hydrogen-bond donors (Lipinski definition) is 1. The maximum absolute atomic E-state index is 13.5. The molecule has 3 aromatic rings. The van der Waals surface area contributed by atoms with Crippen LogP contribution in [0.1, 0.15) is 22.2 Å². The molecule has 0 saturated heterocycles. The van der Waals surface area contributed by atoms with Crippen molar-refractivity contribution in [1.82, 2.24) is 10.3 Å². The van der Waals surface area contributed by atoms with E-state index in [0.29, 0.717) is 18.7 Å². The summed E-state index contributed by atoms with van der Waals surface area (Å²) in [5.74, 6) is 0.272. The number of benzene rings is 1. The van der Waals surface area contributed by atoms with Crippen molar-refractivity contribution in [3.05, 3.63) is 69.0 Å². The van der Waals surface area contributed by atoms with Gasteiger partial charge in [-0.25, -0.2) is 5.01 Å². The van der Waals surface area contributed by atoms with Crippen LogP contribution >= 0.6 is 22.7 Å². The fraction of sp³-hybridized carbons (Fsp3) is 0.261. The molecule has 164 valence electrons. The predicted molar refractivity (Wildman–Crippen MR) is 127 cm³/mol. The van der Waals surface area contributed by atoms with Gasteiger partial charge in [0.2, 0.25) is 0 Å². The number of rotatable bonds is 5. The number of carbonyl (C=O) groups is 2. The Balaban J connectivity index is 1.42. The molecular weight excluding hydrogens is 444 g/mol. The Hall–Kier alpha value is -3.17. The van der Waals surface area contributed by atoms with Gasteiger partial charge >= 0.3 is 0 Å². The molecule has 9 heteroatoms. The van der Waals surface area contributed by atoms with Crippen molar-refractivity contribution in [3.63, 3.8) is 0 Å². The highest BCUT2D eigenvalue weighted by Gasteiger charge is 2.37. The molecule has 0 unspecified atom stereocenters. The smallest absolute Gasteiger partial charge is 0.262 e. The number of nitrogens with one attached hydrogen (secondary N) is 1. The Labute approximate surface area is 193 Å². The zero-order valence-electron chi connectivity index (χ0n) is 17.4. The monoisotopic (exact) mass is 466 g/mol. The van der Waals surface area contributed by atoms with E-state index < -0.39 is 6.10 Å². The largest absolute Gasteiger partial charge is 0.477 e. The lowest BCUT2D eigenvalue weighted by Crippen LogP contribution is -2.50. The highest BCUT2D eigenvalue weighted by molar-refractivity contribution is 7.12. The maximum atomic E-state index is 13.5. The quantitative estimate of drug-likeness (QED) is 0.625. The summed E-state index contributed by atoms with van der Waals surface area (Å²) in [5, 5.41) is 13.0. The van der Waals surface area contributed by atoms with E-state index in [4.69, 9.17) is 9.84 Å². The lowest BCUT2D eigenvalue weighted by atomic mass is 10.1. The van der Waals surface area contributed by atoms with Crippen molar-refractivity contribution in [2.75, 3.05) is 25.0 Å². The van der Waals surface area contributed by atoms with Crippen LogP contribution in [0.2, 0.25) is 0 Å². The Morgan fingerprint density at radius 3 is 2.69 bits per heavy atom. The minimum absolute atomic E-state index is 0.108. The first kappa shape index (κ1) is 20.7. The van der Waals surface area contributed by atoms with Crippen LogP contribution in [0.4, 0.5) is 5.69 Å². The third-order valence-electron chi connectivity index (χ3n) is 5.57. The summed E-state index contributed by atoms with van der Waals surface area (Å²) in [6.45, 7) is 0.401. The second-order valence-corrected chi connectivity index (χ2v) is 9.49. The molecule has 7 nitrogen and oxygen atoms in total. The fourth-order valence-electron chi connectivity index (χ4n) is 4.02. The number of nitrogens with zero attached hydrogens (tertiary/aromatic N) is 3. The summed E-state index contributed by atoms with van der Waals surface area (Å²) in [5.41, 5.74) is 1.73. The molecule has 4 heterocycles. The molecule has 2 aliphatic rings. The fourth-order valence-corrected chi connectivity index (χ4v) is 5.56. The van der Waals surface area contributed by atoms with Crippen molar-refractivity contribution in [1.29, 1.82) is 0 Å². The number of likely N-dealkylation sites (N-methyl/N-ethyl adjacent to an activating group) is 1. The molecule has 1 N–H and O–H groups in total. The Bertz CT molecular complexity index is 1140. The first-order valence-corrected chi connectivity index (χ1v) is 12.1. The Morgan fingerprint density at radius 1 is 1.12 bits per heavy atom. The van der Waals surface area contributed by atoms with E-state index >= 15 is 0 Å². The number of anilines is 1. The van der Waals surface area contributed by atoms with Crippen molar-refractivity contribution in [2.45, 2.75) is 18.6 Å². The highest BCUT2D eigenvalue weighted by Crippen LogP contribution is 2.37. The molecular formula is C23H22N4O3S2. The summed E-state index contributed by atoms with van der Waals surface area (Å²) in [4.78, 5) is 29.9. The topological polar surface area (TPSA) is 74.2 Å². The highest BCUT2D eigenvalue weighted by atomic mass is 32.1. The Kier molecular flexibility index (Phi) is 5.67. The van der Waals surface area contributed by atoms with Crippen LogP contribution in [-0.2, 0) is 9.59 Å². The van der Waals surface area contributed by atoms with Gasteiger partial charge in [-0.15, -0.1) is 22.7 Å². The van der Waals surface area contributed by atoms with E-state index in [9.17, 15) is 9.59 Å². The van der Waals surface area contributed by atoms with Gasteiger partial charge in [0, 0.05) is 18.3 Å². The Morgan fingerprint density at radius 2 is 1.94 bits per heavy atom. The van der Waals surface area contributed by atoms with Crippen LogP contribution in [0.5, 0.6) is 5.75 Å². The lowest BCUT2D eigenvalue weighted by molar-refractivity contribution is -0.132. The van der Waals surface area contributed by atoms with Crippen LogP contribution in [0.15, 0.2) is 64.4 Å². The lowest BCUT2D eigenvalue weighted by Gasteiger charge is -2.35. The van der Waals surface area contributed by atoms with Crippen molar-refractivity contribution < 1.29 is 14.3 Å². The molecule has 0 radical (unpaired) electrons. The molecule has 5 rings (SSSR count). The van der Waals surface area contributed by atoms with Crippen molar-refractivity contribution in [2.24, 2.45) is 5.10 Å². The van der Waals surface area contributed by atoms with Gasteiger partial charge in [0.1, 0.15) is 5.75 Å². The molecule has 0 fully saturated rings. The average Bonchev–Trinajstić information content (AvgIpc) is 3.59. The maximum Gasteiger partial charge on any atom is 0.262 e. The number of hydrazone groups is 1. The normalized spacial score (nSPS) is 19.8. The molecule has 0 bridgehead atoms. The molecule has 0 spiro atoms. The van der Waals surface area contributed by atoms with Crippen LogP contribution < -0.4 is 15.0 Å². The van der Waals surface area contributed by atoms with Gasteiger partial charge in [0.25, 0.3) is 11.8 Å². The number of fused-ring (bicyclic) bond motifs is 1. The van der Waals surface area contributed by atoms with Crippen LogP contribution in [0, 0.1) is 0 Å². The third-order valence-corrected chi connectivity index (χ3v) is 7.46. The van der Waals surface area contributed by atoms with Gasteiger partial charge in [-0.05, 0) is 35.0 Å². The second kappa shape index (κ2) is 8.76. The number of hydrogen-bond acceptors (Lipinski definition) is 7. The summed E-state index contributed by atoms with van der Waals surface area (Å²) in [6.07, 6.45) is 0.00686. The van der Waals surface area contributed by atoms with Gasteiger partial charge in [-0.2, -0.15) is 5.10 Å². The van der Waals surface area contributed by atoms with E-state index in [1.807, 2.05) is 64.2 Å². The SMILES string of the molecule is CNC(=O)[C@@H]1CN(CC(=O)N2N=C(c3cccs3)C[C@H]2c2cccs2)c2ccccc2O1. The van der Waals surface area contributed by atoms with E-state index in [0.717, 1.165) is 21.2 Å². The molecule has 0 saturated carbocycles. The minimum atomic E-state index is -0.681. The second-order valence-electron chi connectivity index (χ2n) is 7.57. The number of para-hydroxylation sites is 2. The van der Waals surface area contributed by atoms with Crippen LogP contribution in [-0.4, -0.2) is 48.8 Å². The zero-order chi connectivity index (χ0) is 22.1. The standard InChI is InChI=1S/C23H22N4O3S2/c1-24-23(29)19-13-26(16-6-2-3-7-18(16)30-19)14-22(28)27-17(21-9-5-11-32-21)12-15(25-27)20-8-4-10-31-20/h2-11,17,19H,12-14H2,1H3,(H,24,29)/t17-,19-/m0/s1. The predicted octanol–water partition coefficient (Wildman–Crippen LogP) is 3.50. The van der Waals surface area contributed by atoms with E-state index in [-0.39, 0.29) is 24.4 Å². The first-order valence-electron chi connectivity index (χ1n) is 10.3. The molecule has 2 aromatic heterocycles. The van der Waals surface area contributed by atoms with E-state index in [2.05, 4.69) is 5.32 Å². The average molecular weight is 467 g/mol. The molecule has 2 amide bonds. The minimum Gasteiger partial charge on any atom is -0.477 e. The van der Waals surface area contributed by atoms with E-state index in [1.165, 1.54) is 0 Å². The number of thiophene rings is 2. The van der Waals surface area contributed by atoms with Gasteiger partial charge in [0.05, 0.1) is 35.4 Å². The molecule has 2 aliphatic heterocycles. The molecule has 32 heavy (non-hydrogen) atoms. The molecule has 2 atom stereocenters. The number of amides is 2. The molecule has 0 aliphatic carbocycles. The van der Waals surface area contributed by atoms with Gasteiger partial charge in [-0.1, -0.05) is 24.3 Å². The number of carbonyl (C=O) groups excluding carboxylic acids is 2. The van der Waals surface area contributed by atoms with Gasteiger partial charge < -0.3 is 15.0 Å².